The molecule has 0 fully saturated rings. The summed E-state index contributed by atoms with van der Waals surface area (Å²) in [5, 5.41) is 6.79. The van der Waals surface area contributed by atoms with E-state index in [1.807, 2.05) is 85.1 Å². The Bertz CT molecular complexity index is 1540. The Balaban J connectivity index is 1.33. The Morgan fingerprint density at radius 1 is 0.971 bits per heavy atom. The number of benzene rings is 3. The Morgan fingerprint density at radius 3 is 2.51 bits per heavy atom. The van der Waals surface area contributed by atoms with Gasteiger partial charge in [-0.25, -0.2) is 9.97 Å². The topological polar surface area (TPSA) is 76.9 Å². The summed E-state index contributed by atoms with van der Waals surface area (Å²) >= 11 is 2.91. The number of rotatable bonds is 7. The fraction of sp³-hybridized carbons (Fsp3) is 0.111. The highest BCUT2D eigenvalue weighted by Gasteiger charge is 2.15. The lowest BCUT2D eigenvalue weighted by molar-refractivity contribution is -0.115. The molecule has 0 aliphatic carbocycles. The van der Waals surface area contributed by atoms with Crippen molar-refractivity contribution in [3.05, 3.63) is 111 Å². The van der Waals surface area contributed by atoms with Crippen LogP contribution in [0.5, 0.6) is 0 Å². The Labute approximate surface area is 210 Å². The molecule has 0 bridgehead atoms. The van der Waals surface area contributed by atoms with Crippen LogP contribution >= 0.6 is 23.1 Å². The molecule has 0 saturated carbocycles. The summed E-state index contributed by atoms with van der Waals surface area (Å²) in [4.78, 5) is 35.1. The number of thioether (sulfide) groups is 1. The molecule has 0 aliphatic rings. The smallest absolute Gasteiger partial charge is 0.266 e. The van der Waals surface area contributed by atoms with Gasteiger partial charge in [0.1, 0.15) is 5.01 Å². The van der Waals surface area contributed by atoms with Crippen LogP contribution in [0, 0.1) is 6.92 Å². The van der Waals surface area contributed by atoms with Crippen molar-refractivity contribution in [2.45, 2.75) is 24.3 Å². The molecule has 2 heterocycles. The lowest BCUT2D eigenvalue weighted by Gasteiger charge is -2.12. The summed E-state index contributed by atoms with van der Waals surface area (Å²) in [5.41, 5.74) is 4.10. The number of anilines is 1. The van der Waals surface area contributed by atoms with Crippen molar-refractivity contribution < 1.29 is 4.79 Å². The number of aromatic nitrogens is 3. The van der Waals surface area contributed by atoms with Gasteiger partial charge in [0, 0.05) is 16.8 Å². The van der Waals surface area contributed by atoms with E-state index in [-0.39, 0.29) is 17.9 Å². The SMILES string of the molecule is Cc1ccc(NC(=O)Cc2nc(CSc3nc4ccccc4c(=O)n3-c3ccccc3)cs2)cc1. The van der Waals surface area contributed by atoms with E-state index in [9.17, 15) is 9.59 Å². The summed E-state index contributed by atoms with van der Waals surface area (Å²) in [6.45, 7) is 2.01. The van der Waals surface area contributed by atoms with Gasteiger partial charge in [-0.15, -0.1) is 11.3 Å². The molecule has 8 heteroatoms. The van der Waals surface area contributed by atoms with Crippen molar-refractivity contribution in [1.29, 1.82) is 0 Å². The predicted octanol–water partition coefficient (Wildman–Crippen LogP) is 5.62. The number of nitrogens with one attached hydrogen (secondary N) is 1. The Hall–Kier alpha value is -3.75. The van der Waals surface area contributed by atoms with Crippen LogP contribution in [-0.4, -0.2) is 20.4 Å². The molecular weight excluding hydrogens is 476 g/mol. The van der Waals surface area contributed by atoms with Gasteiger partial charge in [0.25, 0.3) is 5.56 Å². The van der Waals surface area contributed by atoms with Gasteiger partial charge in [0.05, 0.1) is 28.7 Å². The van der Waals surface area contributed by atoms with Gasteiger partial charge in [-0.1, -0.05) is 59.8 Å². The first-order valence-electron chi connectivity index (χ1n) is 11.1. The van der Waals surface area contributed by atoms with Crippen LogP contribution in [0.3, 0.4) is 0 Å². The number of aryl methyl sites for hydroxylation is 1. The van der Waals surface area contributed by atoms with Gasteiger partial charge in [0.15, 0.2) is 5.16 Å². The maximum atomic E-state index is 13.3. The molecule has 0 radical (unpaired) electrons. The molecule has 1 amide bonds. The molecule has 174 valence electrons. The molecule has 0 unspecified atom stereocenters. The molecule has 0 spiro atoms. The third-order valence-corrected chi connectivity index (χ3v) is 7.22. The van der Waals surface area contributed by atoms with E-state index in [1.54, 1.807) is 10.6 Å². The zero-order valence-electron chi connectivity index (χ0n) is 19.0. The standard InChI is InChI=1S/C27H22N4O2S2/c1-18-11-13-19(14-12-18)28-24(32)15-25-29-20(16-34-25)17-35-27-30-23-10-6-5-9-22(23)26(33)31(27)21-7-3-2-4-8-21/h2-14,16H,15,17H2,1H3,(H,28,32). The van der Waals surface area contributed by atoms with Gasteiger partial charge in [-0.05, 0) is 43.3 Å². The van der Waals surface area contributed by atoms with Crippen LogP contribution < -0.4 is 10.9 Å². The molecule has 6 nitrogen and oxygen atoms in total. The van der Waals surface area contributed by atoms with Crippen molar-refractivity contribution in [3.8, 4) is 5.69 Å². The lowest BCUT2D eigenvalue weighted by Crippen LogP contribution is -2.21. The Morgan fingerprint density at radius 2 is 1.71 bits per heavy atom. The average Bonchev–Trinajstić information content (AvgIpc) is 3.32. The van der Waals surface area contributed by atoms with Crippen LogP contribution in [0.15, 0.2) is 94.2 Å². The molecule has 35 heavy (non-hydrogen) atoms. The largest absolute Gasteiger partial charge is 0.326 e. The number of hydrogen-bond acceptors (Lipinski definition) is 6. The van der Waals surface area contributed by atoms with Crippen LogP contribution in [0.1, 0.15) is 16.3 Å². The van der Waals surface area contributed by atoms with Crippen molar-refractivity contribution in [3.63, 3.8) is 0 Å². The van der Waals surface area contributed by atoms with Gasteiger partial charge in [0.2, 0.25) is 5.91 Å². The van der Waals surface area contributed by atoms with Crippen molar-refractivity contribution in [2.75, 3.05) is 5.32 Å². The minimum Gasteiger partial charge on any atom is -0.326 e. The van der Waals surface area contributed by atoms with E-state index < -0.39 is 0 Å². The van der Waals surface area contributed by atoms with E-state index in [0.29, 0.717) is 21.8 Å². The van der Waals surface area contributed by atoms with Crippen LogP contribution in [0.25, 0.3) is 16.6 Å². The molecular formula is C27H22N4O2S2. The minimum atomic E-state index is -0.101. The molecule has 0 saturated heterocycles. The van der Waals surface area contributed by atoms with E-state index in [1.165, 1.54) is 23.1 Å². The molecule has 0 aliphatic heterocycles. The number of amides is 1. The monoisotopic (exact) mass is 498 g/mol. The van der Waals surface area contributed by atoms with Gasteiger partial charge in [-0.2, -0.15) is 0 Å². The summed E-state index contributed by atoms with van der Waals surface area (Å²) in [6, 6.07) is 24.6. The van der Waals surface area contributed by atoms with E-state index in [4.69, 9.17) is 4.98 Å². The first-order chi connectivity index (χ1) is 17.1. The van der Waals surface area contributed by atoms with E-state index in [0.717, 1.165) is 27.6 Å². The molecule has 5 aromatic rings. The normalized spacial score (nSPS) is 11.0. The number of carbonyl (C=O) groups excluding carboxylic acids is 1. The highest BCUT2D eigenvalue weighted by Crippen LogP contribution is 2.25. The zero-order chi connectivity index (χ0) is 24.2. The van der Waals surface area contributed by atoms with Crippen molar-refractivity contribution in [1.82, 2.24) is 14.5 Å². The maximum Gasteiger partial charge on any atom is 0.266 e. The van der Waals surface area contributed by atoms with Crippen LogP contribution in [0.4, 0.5) is 5.69 Å². The second-order valence-corrected chi connectivity index (χ2v) is 9.89. The molecule has 3 aromatic carbocycles. The first kappa shape index (κ1) is 23.0. The number of carbonyl (C=O) groups is 1. The molecule has 0 atom stereocenters. The van der Waals surface area contributed by atoms with E-state index >= 15 is 0 Å². The third kappa shape index (κ3) is 5.34. The number of thiazole rings is 1. The van der Waals surface area contributed by atoms with Gasteiger partial charge >= 0.3 is 0 Å². The number of para-hydroxylation sites is 2. The fourth-order valence-corrected chi connectivity index (χ4v) is 5.43. The number of nitrogens with zero attached hydrogens (tertiary/aromatic N) is 3. The number of hydrogen-bond donors (Lipinski definition) is 1. The highest BCUT2D eigenvalue weighted by atomic mass is 32.2. The minimum absolute atomic E-state index is 0.100. The maximum absolute atomic E-state index is 13.3. The highest BCUT2D eigenvalue weighted by molar-refractivity contribution is 7.98. The van der Waals surface area contributed by atoms with E-state index in [2.05, 4.69) is 10.3 Å². The summed E-state index contributed by atoms with van der Waals surface area (Å²) in [7, 11) is 0. The quantitative estimate of drug-likeness (QED) is 0.233. The molecule has 1 N–H and O–H groups in total. The van der Waals surface area contributed by atoms with Crippen molar-refractivity contribution >= 4 is 45.6 Å². The number of fused-ring (bicyclic) bond motifs is 1. The van der Waals surface area contributed by atoms with Gasteiger partial charge < -0.3 is 5.32 Å². The Kier molecular flexibility index (Phi) is 6.74. The van der Waals surface area contributed by atoms with Crippen LogP contribution in [-0.2, 0) is 17.0 Å². The zero-order valence-corrected chi connectivity index (χ0v) is 20.6. The fourth-order valence-electron chi connectivity index (χ4n) is 3.63. The summed E-state index contributed by atoms with van der Waals surface area (Å²) in [5.74, 6) is 0.435. The molecule has 2 aromatic heterocycles. The average molecular weight is 499 g/mol. The predicted molar refractivity (Wildman–Crippen MR) is 143 cm³/mol. The lowest BCUT2D eigenvalue weighted by atomic mass is 10.2. The summed E-state index contributed by atoms with van der Waals surface area (Å²) < 4.78 is 1.65. The van der Waals surface area contributed by atoms with Gasteiger partial charge in [-0.3, -0.25) is 14.2 Å². The molecule has 5 rings (SSSR count). The third-order valence-electron chi connectivity index (χ3n) is 5.35. The summed E-state index contributed by atoms with van der Waals surface area (Å²) in [6.07, 6.45) is 0.214. The van der Waals surface area contributed by atoms with Crippen molar-refractivity contribution in [2.24, 2.45) is 0 Å². The van der Waals surface area contributed by atoms with Crippen LogP contribution in [0.2, 0.25) is 0 Å². The second kappa shape index (κ2) is 10.2. The second-order valence-electron chi connectivity index (χ2n) is 8.00. The first-order valence-corrected chi connectivity index (χ1v) is 12.9.